The molecule has 12 rings (SSSR count). The van der Waals surface area contributed by atoms with Gasteiger partial charge in [-0.2, -0.15) is 19.9 Å². The number of hydrogen-bond acceptors (Lipinski definition) is 15. The maximum absolute atomic E-state index is 13.9. The minimum atomic E-state index is -1.01. The molecule has 0 spiro atoms. The lowest BCUT2D eigenvalue weighted by molar-refractivity contribution is -0.131. The minimum absolute atomic E-state index is 0. The molecule has 19 nitrogen and oxygen atoms in total. The van der Waals surface area contributed by atoms with Gasteiger partial charge < -0.3 is 53.7 Å². The highest BCUT2D eigenvalue weighted by atomic mass is 35.5. The van der Waals surface area contributed by atoms with E-state index in [9.17, 15) is 23.5 Å². The number of ether oxygens (including phenoxy) is 2. The number of piperazine rings is 2. The van der Waals surface area contributed by atoms with E-state index < -0.39 is 35.6 Å². The average molecular weight is 1260 g/mol. The first kappa shape index (κ1) is 65.7. The van der Waals surface area contributed by atoms with Crippen LogP contribution in [0.25, 0.3) is 31.2 Å². The molecular formula is C69H83ClF2N14O5. The molecular weight excluding hydrogens is 1180 g/mol. The highest BCUT2D eigenvalue weighted by Crippen LogP contribution is 2.39. The van der Waals surface area contributed by atoms with E-state index in [1.54, 1.807) is 0 Å². The normalized spacial score (nSPS) is 20.0. The van der Waals surface area contributed by atoms with Gasteiger partial charge in [0.1, 0.15) is 36.9 Å². The van der Waals surface area contributed by atoms with Crippen molar-refractivity contribution in [3.8, 4) is 12.0 Å². The third-order valence-corrected chi connectivity index (χ3v) is 18.8. The zero-order valence-corrected chi connectivity index (χ0v) is 53.4. The van der Waals surface area contributed by atoms with Crippen molar-refractivity contribution in [3.05, 3.63) is 154 Å². The number of nitrogens with zero attached hydrogens (tertiary/aromatic N) is 14. The molecule has 22 heteroatoms. The molecule has 0 unspecified atom stereocenters. The van der Waals surface area contributed by atoms with Crippen LogP contribution in [-0.2, 0) is 35.5 Å². The molecule has 0 radical (unpaired) electrons. The van der Waals surface area contributed by atoms with Crippen LogP contribution < -0.4 is 29.1 Å². The highest BCUT2D eigenvalue weighted by molar-refractivity contribution is 5.98. The predicted octanol–water partition coefficient (Wildman–Crippen LogP) is 9.35. The van der Waals surface area contributed by atoms with Crippen molar-refractivity contribution in [2.45, 2.75) is 103 Å². The van der Waals surface area contributed by atoms with E-state index in [0.29, 0.717) is 83.5 Å². The molecule has 0 bridgehead atoms. The summed E-state index contributed by atoms with van der Waals surface area (Å²) >= 11 is 0. The summed E-state index contributed by atoms with van der Waals surface area (Å²) in [4.78, 5) is 68.7. The fraction of sp³-hybridized carbons (Fsp3) is 0.478. The number of halogens is 3. The third-order valence-electron chi connectivity index (χ3n) is 18.8. The fourth-order valence-electron chi connectivity index (χ4n) is 14.4. The zero-order valence-electron chi connectivity index (χ0n) is 52.5. The second kappa shape index (κ2) is 29.8. The number of aryl methyl sites for hydroxylation is 2. The van der Waals surface area contributed by atoms with Gasteiger partial charge in [0.2, 0.25) is 13.1 Å². The fourth-order valence-corrected chi connectivity index (χ4v) is 14.4. The number of likely N-dealkylation sites (tertiary alicyclic amines) is 2. The highest BCUT2D eigenvalue weighted by Gasteiger charge is 2.39. The van der Waals surface area contributed by atoms with Gasteiger partial charge in [-0.1, -0.05) is 80.7 Å². The second-order valence-corrected chi connectivity index (χ2v) is 24.5. The lowest BCUT2D eigenvalue weighted by atomic mass is 9.99. The van der Waals surface area contributed by atoms with Crippen LogP contribution >= 0.6 is 12.4 Å². The van der Waals surface area contributed by atoms with Crippen molar-refractivity contribution < 1.29 is 33.0 Å². The van der Waals surface area contributed by atoms with Gasteiger partial charge in [-0.25, -0.2) is 21.9 Å². The number of hydrogen-bond donors (Lipinski definition) is 1. The molecule has 4 aromatic carbocycles. The van der Waals surface area contributed by atoms with Gasteiger partial charge in [0.25, 0.3) is 11.8 Å². The number of anilines is 4. The molecule has 4 atom stereocenters. The van der Waals surface area contributed by atoms with Gasteiger partial charge in [-0.05, 0) is 112 Å². The predicted molar refractivity (Wildman–Crippen MR) is 355 cm³/mol. The molecule has 91 heavy (non-hydrogen) atoms. The summed E-state index contributed by atoms with van der Waals surface area (Å²) in [6.45, 7) is 37.7. The summed E-state index contributed by atoms with van der Waals surface area (Å²) in [5, 5.41) is 14.4. The molecule has 0 aliphatic carbocycles. The number of rotatable bonds is 18. The van der Waals surface area contributed by atoms with Crippen LogP contribution in [0, 0.1) is 27.0 Å². The maximum Gasteiger partial charge on any atom is 0.318 e. The van der Waals surface area contributed by atoms with Crippen molar-refractivity contribution in [1.29, 1.82) is 0 Å². The Labute approximate surface area is 539 Å². The quantitative estimate of drug-likeness (QED) is 0.0641. The van der Waals surface area contributed by atoms with E-state index in [4.69, 9.17) is 42.6 Å². The maximum atomic E-state index is 13.9. The summed E-state index contributed by atoms with van der Waals surface area (Å²) < 4.78 is 40.4. The number of amides is 2. The van der Waals surface area contributed by atoms with Gasteiger partial charge in [0, 0.05) is 104 Å². The van der Waals surface area contributed by atoms with Crippen LogP contribution in [0.1, 0.15) is 72.7 Å². The number of fused-ring (bicyclic) bond motifs is 4. The van der Waals surface area contributed by atoms with Gasteiger partial charge in [0.05, 0.1) is 31.1 Å². The van der Waals surface area contributed by atoms with Crippen LogP contribution in [0.5, 0.6) is 12.0 Å². The number of carbonyl (C=O) groups excluding carboxylic acids is 2. The third kappa shape index (κ3) is 14.5. The smallest absolute Gasteiger partial charge is 0.318 e. The average Bonchev–Trinajstić information content (AvgIpc) is 1.19. The van der Waals surface area contributed by atoms with E-state index in [0.717, 1.165) is 99.0 Å². The van der Waals surface area contributed by atoms with Gasteiger partial charge in [-0.15, -0.1) is 12.4 Å². The van der Waals surface area contributed by atoms with Crippen LogP contribution in [0.2, 0.25) is 0 Å². The molecule has 480 valence electrons. The standard InChI is InChI=1S/C35H42FN7O2.C34H40FN7O3.ClH/c1-5-15-40-16-8-12-27(40)23-45-35-38-30-22-41(31-13-7-11-26-10-6-9-24(2)32(26)31)17-14-29(30)33(39-35)42-18-19-43(34(44)25(3)36)28(21-42)20-37-4;1-23-7-4-8-25-9-5-11-30(31(23)25)40-14-12-28-29(21-40)37-34(45-22-26-10-6-13-39(26)17-18-43)38-32(28)41-15-16-42(33(44)24(2)35)27(20-41)19-36-3;/h6-7,9-11,13,27-28H,3,5,8,12,14-23H2,1-2H3;4-5,7-9,11,26-27,43H,2,6,10,12-22H2,1H3;1H/t27-,28-;26-,27-;/m00./s1. The first-order valence-electron chi connectivity index (χ1n) is 31.8. The van der Waals surface area contributed by atoms with Crippen molar-refractivity contribution in [3.63, 3.8) is 0 Å². The summed E-state index contributed by atoms with van der Waals surface area (Å²) in [5.41, 5.74) is 8.75. The molecule has 4 fully saturated rings. The summed E-state index contributed by atoms with van der Waals surface area (Å²) in [6.07, 6.45) is 6.87. The van der Waals surface area contributed by atoms with E-state index in [1.807, 2.05) is 0 Å². The Morgan fingerprint density at radius 3 is 1.43 bits per heavy atom. The van der Waals surface area contributed by atoms with Gasteiger partial charge >= 0.3 is 12.0 Å². The zero-order chi connectivity index (χ0) is 63.0. The Kier molecular flexibility index (Phi) is 21.5. The van der Waals surface area contributed by atoms with Crippen molar-refractivity contribution in [2.75, 3.05) is 131 Å². The number of β-amino-alcohol motifs (C(OH)–C–C–N with tert-alkyl or cyclic N) is 1. The summed E-state index contributed by atoms with van der Waals surface area (Å²) in [5.74, 6) is -1.97. The van der Waals surface area contributed by atoms with Gasteiger partial charge in [-0.3, -0.25) is 19.4 Å². The molecule has 1 N–H and O–H groups in total. The Hall–Kier alpha value is -8.21. The number of aliphatic hydroxyl groups is 1. The van der Waals surface area contributed by atoms with Crippen LogP contribution in [0.15, 0.2) is 97.6 Å². The lowest BCUT2D eigenvalue weighted by Gasteiger charge is -2.41. The molecule has 0 saturated carbocycles. The Balaban J connectivity index is 0.000000198. The largest absolute Gasteiger partial charge is 0.462 e. The molecule has 6 aliphatic heterocycles. The molecule has 2 aromatic heterocycles. The monoisotopic (exact) mass is 1260 g/mol. The van der Waals surface area contributed by atoms with Crippen LogP contribution in [-0.4, -0.2) is 192 Å². The number of carbonyl (C=O) groups is 2. The Morgan fingerprint density at radius 1 is 0.593 bits per heavy atom. The molecule has 4 saturated heterocycles. The van der Waals surface area contributed by atoms with E-state index in [1.165, 1.54) is 60.3 Å². The molecule has 8 heterocycles. The van der Waals surface area contributed by atoms with E-state index in [2.05, 4.69) is 146 Å². The second-order valence-electron chi connectivity index (χ2n) is 24.5. The first-order chi connectivity index (χ1) is 43.7. The van der Waals surface area contributed by atoms with Crippen molar-refractivity contribution >= 4 is 68.8 Å². The molecule has 6 aromatic rings. The van der Waals surface area contributed by atoms with Crippen molar-refractivity contribution in [2.24, 2.45) is 0 Å². The van der Waals surface area contributed by atoms with Crippen LogP contribution in [0.4, 0.5) is 31.8 Å². The van der Waals surface area contributed by atoms with E-state index in [-0.39, 0.29) is 51.2 Å². The van der Waals surface area contributed by atoms with Crippen LogP contribution in [0.3, 0.4) is 0 Å². The van der Waals surface area contributed by atoms with Gasteiger partial charge in [0.15, 0.2) is 11.7 Å². The summed E-state index contributed by atoms with van der Waals surface area (Å²) in [7, 11) is 0. The first-order valence-corrected chi connectivity index (χ1v) is 31.8. The molecule has 6 aliphatic rings. The molecule has 2 amide bonds. The van der Waals surface area contributed by atoms with Crippen molar-refractivity contribution in [1.82, 2.24) is 39.5 Å². The lowest BCUT2D eigenvalue weighted by Crippen LogP contribution is -2.57. The Bertz CT molecular complexity index is 3480. The minimum Gasteiger partial charge on any atom is -0.462 e. The van der Waals surface area contributed by atoms with E-state index >= 15 is 0 Å². The number of aromatic nitrogens is 4. The number of benzene rings is 4. The number of aliphatic hydroxyl groups excluding tert-OH is 1. The SMILES string of the molecule is Cl.[C-]#[N+]C[C@H]1CN(c2nc(OC[C@@H]3CCCN3CCC)nc3c2CCN(c2cccc4cccc(C)c24)C3)CCN1C(=O)C(=C)F.[C-]#[N+]C[C@H]1CN(c2nc(OC[C@@H]3CCCN3CCO)nc3c2CCN(c2cccc4cccc(C)c24)C3)CCN1C(=O)C(=C)F. The Morgan fingerprint density at radius 2 is 1.02 bits per heavy atom. The summed E-state index contributed by atoms with van der Waals surface area (Å²) in [6, 6.07) is 25.9. The topological polar surface area (TPSA) is 159 Å².